The molecule has 148 valence electrons. The second-order valence-corrected chi connectivity index (χ2v) is 5.95. The first-order chi connectivity index (χ1) is 14.2. The second kappa shape index (κ2) is 9.94. The molecule has 0 radical (unpaired) electrons. The van der Waals surface area contributed by atoms with Crippen molar-refractivity contribution in [1.29, 1.82) is 0 Å². The summed E-state index contributed by atoms with van der Waals surface area (Å²) >= 11 is 0. The molecule has 0 aliphatic carbocycles. The number of hydrogen-bond acceptors (Lipinski definition) is 6. The summed E-state index contributed by atoms with van der Waals surface area (Å²) in [4.78, 5) is 23.2. The Kier molecular flexibility index (Phi) is 6.84. The number of methoxy groups -OCH3 is 1. The van der Waals surface area contributed by atoms with E-state index in [-0.39, 0.29) is 5.75 Å². The highest BCUT2D eigenvalue weighted by Crippen LogP contribution is 2.28. The lowest BCUT2D eigenvalue weighted by atomic mass is 10.2. The summed E-state index contributed by atoms with van der Waals surface area (Å²) in [6.07, 6.45) is 0.692. The lowest BCUT2D eigenvalue weighted by Gasteiger charge is -2.10. The molecule has 0 aliphatic rings. The number of rotatable bonds is 9. The van der Waals surface area contributed by atoms with E-state index in [1.807, 2.05) is 30.3 Å². The molecule has 0 saturated carbocycles. The van der Waals surface area contributed by atoms with Gasteiger partial charge in [-0.3, -0.25) is 4.79 Å². The van der Waals surface area contributed by atoms with Gasteiger partial charge in [0, 0.05) is 5.56 Å². The highest BCUT2D eigenvalue weighted by molar-refractivity contribution is 5.91. The Labute approximate surface area is 168 Å². The fourth-order valence-electron chi connectivity index (χ4n) is 2.52. The van der Waals surface area contributed by atoms with E-state index in [1.165, 1.54) is 19.2 Å². The van der Waals surface area contributed by atoms with Crippen LogP contribution in [0.4, 0.5) is 0 Å². The number of benzene rings is 3. The fraction of sp³-hybridized carbons (Fsp3) is 0.130. The molecule has 0 unspecified atom stereocenters. The predicted octanol–water partition coefficient (Wildman–Crippen LogP) is 4.18. The third-order valence-electron chi connectivity index (χ3n) is 3.98. The van der Waals surface area contributed by atoms with Gasteiger partial charge in [-0.15, -0.1) is 0 Å². The minimum Gasteiger partial charge on any atom is -0.493 e. The molecule has 0 spiro atoms. The highest BCUT2D eigenvalue weighted by atomic mass is 16.6. The first kappa shape index (κ1) is 19.9. The molecule has 0 heterocycles. The van der Waals surface area contributed by atoms with Gasteiger partial charge in [0.05, 0.1) is 12.7 Å². The number of carbonyl (C=O) groups is 2. The number of carbonyl (C=O) groups excluding carboxylic acids is 2. The van der Waals surface area contributed by atoms with Crippen LogP contribution in [0.1, 0.15) is 20.7 Å². The SMILES string of the molecule is COc1cc(C=O)ccc1OC(=O)c1ccc(OCCOc2ccccc2)cc1. The van der Waals surface area contributed by atoms with Crippen molar-refractivity contribution in [3.8, 4) is 23.0 Å². The molecule has 0 fully saturated rings. The number of esters is 1. The van der Waals surface area contributed by atoms with Gasteiger partial charge >= 0.3 is 5.97 Å². The maximum atomic E-state index is 12.4. The lowest BCUT2D eigenvalue weighted by molar-refractivity contribution is 0.0729. The zero-order valence-electron chi connectivity index (χ0n) is 15.9. The minimum atomic E-state index is -0.541. The molecule has 3 rings (SSSR count). The third kappa shape index (κ3) is 5.59. The summed E-state index contributed by atoms with van der Waals surface area (Å²) in [5.41, 5.74) is 0.791. The minimum absolute atomic E-state index is 0.237. The van der Waals surface area contributed by atoms with Gasteiger partial charge in [0.1, 0.15) is 31.0 Å². The van der Waals surface area contributed by atoms with Crippen molar-refractivity contribution in [2.45, 2.75) is 0 Å². The molecule has 0 atom stereocenters. The first-order valence-electron chi connectivity index (χ1n) is 8.95. The van der Waals surface area contributed by atoms with Gasteiger partial charge in [-0.05, 0) is 54.6 Å². The van der Waals surface area contributed by atoms with Crippen LogP contribution in [0.5, 0.6) is 23.0 Å². The Hall–Kier alpha value is -3.80. The summed E-state index contributed by atoms with van der Waals surface area (Å²) in [6, 6.07) is 20.7. The van der Waals surface area contributed by atoms with Crippen molar-refractivity contribution in [2.24, 2.45) is 0 Å². The molecule has 0 aromatic heterocycles. The van der Waals surface area contributed by atoms with Gasteiger partial charge < -0.3 is 18.9 Å². The van der Waals surface area contributed by atoms with Crippen LogP contribution in [-0.2, 0) is 0 Å². The summed E-state index contributed by atoms with van der Waals surface area (Å²) in [7, 11) is 1.44. The van der Waals surface area contributed by atoms with Crippen LogP contribution in [0.25, 0.3) is 0 Å². The zero-order chi connectivity index (χ0) is 20.5. The average molecular weight is 392 g/mol. The van der Waals surface area contributed by atoms with E-state index in [2.05, 4.69) is 0 Å². The molecule has 29 heavy (non-hydrogen) atoms. The molecule has 0 aliphatic heterocycles. The molecule has 0 N–H and O–H groups in total. The molecule has 0 amide bonds. The smallest absolute Gasteiger partial charge is 0.343 e. The molecular formula is C23H20O6. The van der Waals surface area contributed by atoms with Gasteiger partial charge in [-0.1, -0.05) is 18.2 Å². The molecule has 3 aromatic carbocycles. The molecule has 0 bridgehead atoms. The average Bonchev–Trinajstić information content (AvgIpc) is 2.78. The molecular weight excluding hydrogens is 372 g/mol. The predicted molar refractivity (Wildman–Crippen MR) is 107 cm³/mol. The van der Waals surface area contributed by atoms with E-state index in [9.17, 15) is 9.59 Å². The van der Waals surface area contributed by atoms with Gasteiger partial charge in [0.25, 0.3) is 0 Å². The number of aldehydes is 1. The maximum absolute atomic E-state index is 12.4. The maximum Gasteiger partial charge on any atom is 0.343 e. The van der Waals surface area contributed by atoms with Crippen LogP contribution in [0.15, 0.2) is 72.8 Å². The van der Waals surface area contributed by atoms with E-state index in [0.717, 1.165) is 5.75 Å². The molecule has 6 nitrogen and oxygen atoms in total. The van der Waals surface area contributed by atoms with Crippen molar-refractivity contribution >= 4 is 12.3 Å². The topological polar surface area (TPSA) is 71.1 Å². The number of ether oxygens (including phenoxy) is 4. The zero-order valence-corrected chi connectivity index (χ0v) is 15.9. The van der Waals surface area contributed by atoms with Crippen LogP contribution in [0.3, 0.4) is 0 Å². The van der Waals surface area contributed by atoms with E-state index >= 15 is 0 Å². The largest absolute Gasteiger partial charge is 0.493 e. The van der Waals surface area contributed by atoms with Crippen molar-refractivity contribution in [2.75, 3.05) is 20.3 Å². The van der Waals surface area contributed by atoms with Crippen LogP contribution < -0.4 is 18.9 Å². The standard InChI is InChI=1S/C23H20O6/c1-26-22-15-17(16-24)7-12-21(22)29-23(25)18-8-10-20(11-9-18)28-14-13-27-19-5-3-2-4-6-19/h2-12,15-16H,13-14H2,1H3. The Balaban J connectivity index is 1.53. The van der Waals surface area contributed by atoms with E-state index in [1.54, 1.807) is 30.3 Å². The summed E-state index contributed by atoms with van der Waals surface area (Å²) in [5, 5.41) is 0. The quantitative estimate of drug-likeness (QED) is 0.235. The van der Waals surface area contributed by atoms with Crippen LogP contribution in [0, 0.1) is 0 Å². The van der Waals surface area contributed by atoms with Crippen molar-refractivity contribution in [3.05, 3.63) is 83.9 Å². The van der Waals surface area contributed by atoms with Crippen LogP contribution in [0.2, 0.25) is 0 Å². The monoisotopic (exact) mass is 392 g/mol. The summed E-state index contributed by atoms with van der Waals surface area (Å²) in [5.74, 6) is 1.40. The van der Waals surface area contributed by atoms with Crippen molar-refractivity contribution < 1.29 is 28.5 Å². The van der Waals surface area contributed by atoms with Crippen molar-refractivity contribution in [3.63, 3.8) is 0 Å². The summed E-state index contributed by atoms with van der Waals surface area (Å²) in [6.45, 7) is 0.781. The number of para-hydroxylation sites is 1. The number of hydrogen-bond donors (Lipinski definition) is 0. The molecule has 0 saturated heterocycles. The van der Waals surface area contributed by atoms with Crippen LogP contribution >= 0.6 is 0 Å². The normalized spacial score (nSPS) is 10.1. The van der Waals surface area contributed by atoms with E-state index < -0.39 is 5.97 Å². The van der Waals surface area contributed by atoms with Crippen LogP contribution in [-0.4, -0.2) is 32.6 Å². The summed E-state index contributed by atoms with van der Waals surface area (Å²) < 4.78 is 21.7. The fourth-order valence-corrected chi connectivity index (χ4v) is 2.52. The Morgan fingerprint density at radius 3 is 2.10 bits per heavy atom. The lowest BCUT2D eigenvalue weighted by Crippen LogP contribution is -2.10. The Morgan fingerprint density at radius 1 is 0.828 bits per heavy atom. The van der Waals surface area contributed by atoms with Gasteiger partial charge in [-0.2, -0.15) is 0 Å². The molecule has 6 heteroatoms. The first-order valence-corrected chi connectivity index (χ1v) is 8.95. The van der Waals surface area contributed by atoms with Crippen molar-refractivity contribution in [1.82, 2.24) is 0 Å². The third-order valence-corrected chi connectivity index (χ3v) is 3.98. The van der Waals surface area contributed by atoms with Gasteiger partial charge in [0.2, 0.25) is 0 Å². The van der Waals surface area contributed by atoms with Gasteiger partial charge in [0.15, 0.2) is 11.5 Å². The molecule has 3 aromatic rings. The van der Waals surface area contributed by atoms with E-state index in [0.29, 0.717) is 42.1 Å². The van der Waals surface area contributed by atoms with Gasteiger partial charge in [-0.25, -0.2) is 4.79 Å². The Morgan fingerprint density at radius 2 is 1.48 bits per heavy atom. The second-order valence-electron chi connectivity index (χ2n) is 5.95. The Bertz CT molecular complexity index is 951. The highest BCUT2D eigenvalue weighted by Gasteiger charge is 2.13. The van der Waals surface area contributed by atoms with E-state index in [4.69, 9.17) is 18.9 Å².